The van der Waals surface area contributed by atoms with Crippen LogP contribution in [-0.2, 0) is 18.9 Å². The Balaban J connectivity index is 2.28. The SMILES string of the molecule is CCOCCOCC#Cc1cc(C(=O)O)cc(-c2cc(C#CCOCCOCC)cc(C(=O)O)c2)c1. The van der Waals surface area contributed by atoms with Gasteiger partial charge >= 0.3 is 11.9 Å². The van der Waals surface area contributed by atoms with E-state index in [0.717, 1.165) is 0 Å². The lowest BCUT2D eigenvalue weighted by Crippen LogP contribution is -2.04. The van der Waals surface area contributed by atoms with Gasteiger partial charge in [-0.15, -0.1) is 0 Å². The number of hydrogen-bond donors (Lipinski definition) is 2. The molecule has 0 bridgehead atoms. The Morgan fingerprint density at radius 1 is 0.639 bits per heavy atom. The molecule has 8 heteroatoms. The zero-order valence-corrected chi connectivity index (χ0v) is 20.5. The van der Waals surface area contributed by atoms with Crippen molar-refractivity contribution < 1.29 is 38.7 Å². The first-order valence-corrected chi connectivity index (χ1v) is 11.5. The van der Waals surface area contributed by atoms with Crippen molar-refractivity contribution in [3.05, 3.63) is 58.7 Å². The Bertz CT molecular complexity index is 1060. The molecule has 0 saturated heterocycles. The minimum atomic E-state index is -1.12. The summed E-state index contributed by atoms with van der Waals surface area (Å²) in [5.41, 5.74) is 2.02. The van der Waals surface area contributed by atoms with Crippen LogP contribution < -0.4 is 0 Å². The smallest absolute Gasteiger partial charge is 0.335 e. The Morgan fingerprint density at radius 2 is 1.03 bits per heavy atom. The topological polar surface area (TPSA) is 112 Å². The van der Waals surface area contributed by atoms with Crippen molar-refractivity contribution in [3.63, 3.8) is 0 Å². The summed E-state index contributed by atoms with van der Waals surface area (Å²) in [4.78, 5) is 23.4. The van der Waals surface area contributed by atoms with Crippen molar-refractivity contribution >= 4 is 11.9 Å². The molecule has 0 saturated carbocycles. The van der Waals surface area contributed by atoms with E-state index in [1.54, 1.807) is 12.1 Å². The van der Waals surface area contributed by atoms with E-state index in [1.165, 1.54) is 24.3 Å². The van der Waals surface area contributed by atoms with Gasteiger partial charge in [-0.1, -0.05) is 23.7 Å². The van der Waals surface area contributed by atoms with Crippen LogP contribution in [0.4, 0.5) is 0 Å². The van der Waals surface area contributed by atoms with Crippen LogP contribution in [-0.4, -0.2) is 75.0 Å². The highest BCUT2D eigenvalue weighted by Gasteiger charge is 2.12. The number of aromatic carboxylic acids is 2. The molecule has 2 aromatic carbocycles. The first-order chi connectivity index (χ1) is 17.4. The van der Waals surface area contributed by atoms with Crippen LogP contribution in [0.15, 0.2) is 36.4 Å². The van der Waals surface area contributed by atoms with Crippen LogP contribution in [0.3, 0.4) is 0 Å². The van der Waals surface area contributed by atoms with Gasteiger partial charge in [0.05, 0.1) is 37.6 Å². The zero-order valence-electron chi connectivity index (χ0n) is 20.5. The van der Waals surface area contributed by atoms with Crippen molar-refractivity contribution in [2.75, 3.05) is 52.9 Å². The number of rotatable bonds is 13. The average molecular weight is 495 g/mol. The Morgan fingerprint density at radius 3 is 1.39 bits per heavy atom. The number of carboxylic acids is 2. The lowest BCUT2D eigenvalue weighted by Gasteiger charge is -2.08. The summed E-state index contributed by atoms with van der Waals surface area (Å²) in [6.07, 6.45) is 0. The average Bonchev–Trinajstić information content (AvgIpc) is 2.87. The zero-order chi connectivity index (χ0) is 26.2. The van der Waals surface area contributed by atoms with Crippen molar-refractivity contribution in [2.24, 2.45) is 0 Å². The molecule has 2 aromatic rings. The van der Waals surface area contributed by atoms with Gasteiger partial charge in [0.25, 0.3) is 0 Å². The normalized spacial score (nSPS) is 10.2. The lowest BCUT2D eigenvalue weighted by molar-refractivity contribution is 0.0662. The summed E-state index contributed by atoms with van der Waals surface area (Å²) in [7, 11) is 0. The molecule has 0 fully saturated rings. The molecule has 0 aliphatic carbocycles. The molecule has 8 nitrogen and oxygen atoms in total. The second-order valence-electron chi connectivity index (χ2n) is 7.31. The predicted octanol–water partition coefficient (Wildman–Crippen LogP) is 3.56. The molecule has 2 rings (SSSR count). The van der Waals surface area contributed by atoms with Gasteiger partial charge in [-0.3, -0.25) is 0 Å². The summed E-state index contributed by atoms with van der Waals surface area (Å²) in [5, 5.41) is 19.1. The summed E-state index contributed by atoms with van der Waals surface area (Å²) in [6, 6.07) is 9.27. The van der Waals surface area contributed by atoms with Gasteiger partial charge in [-0.2, -0.15) is 0 Å². The van der Waals surface area contributed by atoms with Crippen LogP contribution >= 0.6 is 0 Å². The van der Waals surface area contributed by atoms with Crippen molar-refractivity contribution in [2.45, 2.75) is 13.8 Å². The fourth-order valence-electron chi connectivity index (χ4n) is 3.03. The molecule has 0 aliphatic rings. The Labute approximate surface area is 211 Å². The first-order valence-electron chi connectivity index (χ1n) is 11.5. The van der Waals surface area contributed by atoms with Crippen molar-refractivity contribution in [1.82, 2.24) is 0 Å². The molecule has 0 amide bonds. The highest BCUT2D eigenvalue weighted by Crippen LogP contribution is 2.25. The number of carbonyl (C=O) groups is 2. The third-order valence-electron chi connectivity index (χ3n) is 4.66. The number of hydrogen-bond acceptors (Lipinski definition) is 6. The largest absolute Gasteiger partial charge is 0.478 e. The van der Waals surface area contributed by atoms with E-state index in [0.29, 0.717) is 61.9 Å². The quantitative estimate of drug-likeness (QED) is 0.321. The van der Waals surface area contributed by atoms with Crippen LogP contribution in [0, 0.1) is 23.7 Å². The second-order valence-corrected chi connectivity index (χ2v) is 7.31. The molecule has 0 aromatic heterocycles. The second kappa shape index (κ2) is 16.1. The van der Waals surface area contributed by atoms with Gasteiger partial charge in [-0.25, -0.2) is 9.59 Å². The van der Waals surface area contributed by atoms with Gasteiger partial charge in [0, 0.05) is 24.3 Å². The highest BCUT2D eigenvalue weighted by atomic mass is 16.5. The Hall–Kier alpha value is -3.66. The highest BCUT2D eigenvalue weighted by molar-refractivity contribution is 5.92. The Kier molecular flexibility index (Phi) is 12.8. The van der Waals surface area contributed by atoms with E-state index in [9.17, 15) is 19.8 Å². The minimum absolute atomic E-state index is 0.0325. The number of benzene rings is 2. The van der Waals surface area contributed by atoms with E-state index >= 15 is 0 Å². The molecule has 0 spiro atoms. The van der Waals surface area contributed by atoms with Gasteiger partial charge < -0.3 is 29.2 Å². The predicted molar refractivity (Wildman–Crippen MR) is 134 cm³/mol. The standard InChI is InChI=1S/C28H30O8/c1-3-33-11-13-35-9-5-7-21-15-23(19-25(17-21)27(29)30)24-16-22(18-26(20-24)28(31)32)8-6-10-36-14-12-34-4-2/h15-20H,3-4,9-14H2,1-2H3,(H,29,30)(H,31,32). The summed E-state index contributed by atoms with van der Waals surface area (Å²) < 4.78 is 21.1. The summed E-state index contributed by atoms with van der Waals surface area (Å²) in [6.45, 7) is 7.11. The van der Waals surface area contributed by atoms with Gasteiger partial charge in [0.15, 0.2) is 0 Å². The third-order valence-corrected chi connectivity index (χ3v) is 4.66. The molecule has 36 heavy (non-hydrogen) atoms. The fraction of sp³-hybridized carbons (Fsp3) is 0.357. The van der Waals surface area contributed by atoms with Crippen LogP contribution in [0.5, 0.6) is 0 Å². The molecular weight excluding hydrogens is 464 g/mol. The summed E-state index contributed by atoms with van der Waals surface area (Å²) >= 11 is 0. The van der Waals surface area contributed by atoms with E-state index in [2.05, 4.69) is 23.7 Å². The maximum Gasteiger partial charge on any atom is 0.335 e. The molecule has 2 N–H and O–H groups in total. The van der Waals surface area contributed by atoms with Gasteiger partial charge in [-0.05, 0) is 61.4 Å². The van der Waals surface area contributed by atoms with E-state index in [4.69, 9.17) is 18.9 Å². The van der Waals surface area contributed by atoms with Crippen LogP contribution in [0.25, 0.3) is 11.1 Å². The summed E-state index contributed by atoms with van der Waals surface area (Å²) in [5.74, 6) is 9.29. The monoisotopic (exact) mass is 494 g/mol. The number of ether oxygens (including phenoxy) is 4. The van der Waals surface area contributed by atoms with E-state index < -0.39 is 11.9 Å². The molecule has 0 atom stereocenters. The molecule has 0 radical (unpaired) electrons. The lowest BCUT2D eigenvalue weighted by atomic mass is 9.96. The first kappa shape index (κ1) is 28.6. The fourth-order valence-corrected chi connectivity index (χ4v) is 3.03. The van der Waals surface area contributed by atoms with E-state index in [-0.39, 0.29) is 24.3 Å². The molecule has 0 heterocycles. The van der Waals surface area contributed by atoms with E-state index in [1.807, 2.05) is 13.8 Å². The van der Waals surface area contributed by atoms with Crippen molar-refractivity contribution in [1.29, 1.82) is 0 Å². The molecule has 0 unspecified atom stereocenters. The maximum atomic E-state index is 11.7. The molecular formula is C28H30O8. The molecule has 190 valence electrons. The maximum absolute atomic E-state index is 11.7. The minimum Gasteiger partial charge on any atom is -0.478 e. The van der Waals surface area contributed by atoms with Crippen LogP contribution in [0.2, 0.25) is 0 Å². The molecule has 0 aliphatic heterocycles. The van der Waals surface area contributed by atoms with Gasteiger partial charge in [0.2, 0.25) is 0 Å². The van der Waals surface area contributed by atoms with Crippen LogP contribution in [0.1, 0.15) is 45.7 Å². The number of carboxylic acid groups (broad SMARTS) is 2. The third kappa shape index (κ3) is 10.3. The van der Waals surface area contributed by atoms with Gasteiger partial charge in [0.1, 0.15) is 13.2 Å². The van der Waals surface area contributed by atoms with Crippen molar-refractivity contribution in [3.8, 4) is 34.8 Å².